The van der Waals surface area contributed by atoms with Crippen molar-refractivity contribution in [3.63, 3.8) is 0 Å². The molecule has 3 aliphatic carbocycles. The van der Waals surface area contributed by atoms with E-state index in [4.69, 9.17) is 4.74 Å². The van der Waals surface area contributed by atoms with Gasteiger partial charge in [-0.3, -0.25) is 9.59 Å². The number of hydrogen-bond donors (Lipinski definition) is 2. The second kappa shape index (κ2) is 6.06. The minimum absolute atomic E-state index is 0.119. The molecule has 5 heteroatoms. The predicted molar refractivity (Wildman–Crippen MR) is 85.9 cm³/mol. The molecule has 5 nitrogen and oxygen atoms in total. The third kappa shape index (κ3) is 2.48. The molecule has 3 rings (SSSR count). The predicted octanol–water partition coefficient (Wildman–Crippen LogP) is 2.26. The molecule has 2 N–H and O–H groups in total. The van der Waals surface area contributed by atoms with Crippen molar-refractivity contribution in [2.24, 2.45) is 11.3 Å². The van der Waals surface area contributed by atoms with E-state index in [0.717, 1.165) is 0 Å². The maximum Gasteiger partial charge on any atom is 0.180 e. The van der Waals surface area contributed by atoms with Crippen LogP contribution < -0.4 is 0 Å². The van der Waals surface area contributed by atoms with Crippen LogP contribution in [0.5, 0.6) is 0 Å². The Labute approximate surface area is 136 Å². The number of hydrogen-bond acceptors (Lipinski definition) is 5. The van der Waals surface area contributed by atoms with Gasteiger partial charge in [0.1, 0.15) is 16.8 Å². The summed E-state index contributed by atoms with van der Waals surface area (Å²) in [6, 6.07) is 0. The van der Waals surface area contributed by atoms with Crippen molar-refractivity contribution >= 4 is 11.6 Å². The van der Waals surface area contributed by atoms with E-state index in [-0.39, 0.29) is 11.3 Å². The molecule has 3 aliphatic rings. The number of rotatable bonds is 4. The Balaban J connectivity index is 2.57. The van der Waals surface area contributed by atoms with Crippen LogP contribution in [0.3, 0.4) is 0 Å². The zero-order valence-corrected chi connectivity index (χ0v) is 14.0. The number of fused-ring (bicyclic) bond motifs is 3. The van der Waals surface area contributed by atoms with Crippen molar-refractivity contribution in [2.75, 3.05) is 6.61 Å². The molecule has 0 radical (unpaired) electrons. The SMILES string of the molecule is C/C=C/C=C/C(O)=C1\C(=O)[C@]2(C)C(=O)C(C)(O)C1CC2OCC. The smallest absolute Gasteiger partial charge is 0.180 e. The first kappa shape index (κ1) is 17.6. The zero-order valence-electron chi connectivity index (χ0n) is 14.0. The quantitative estimate of drug-likeness (QED) is 0.359. The number of aliphatic hydroxyl groups is 2. The third-order valence-corrected chi connectivity index (χ3v) is 4.97. The molecular weight excluding hydrogens is 296 g/mol. The highest BCUT2D eigenvalue weighted by atomic mass is 16.5. The first-order chi connectivity index (χ1) is 10.7. The maximum atomic E-state index is 12.9. The summed E-state index contributed by atoms with van der Waals surface area (Å²) in [5.41, 5.74) is -3.03. The number of ether oxygens (including phenoxy) is 1. The van der Waals surface area contributed by atoms with Gasteiger partial charge in [0, 0.05) is 18.1 Å². The van der Waals surface area contributed by atoms with Crippen molar-refractivity contribution in [1.29, 1.82) is 0 Å². The molecular formula is C18H24O5. The van der Waals surface area contributed by atoms with Gasteiger partial charge in [-0.2, -0.15) is 0 Å². The second-order valence-electron chi connectivity index (χ2n) is 6.42. The van der Waals surface area contributed by atoms with Crippen LogP contribution in [0.1, 0.15) is 34.1 Å². The highest BCUT2D eigenvalue weighted by molar-refractivity contribution is 6.21. The summed E-state index contributed by atoms with van der Waals surface area (Å²) >= 11 is 0. The van der Waals surface area contributed by atoms with Crippen LogP contribution >= 0.6 is 0 Å². The van der Waals surface area contributed by atoms with Gasteiger partial charge in [0.2, 0.25) is 0 Å². The lowest BCUT2D eigenvalue weighted by Gasteiger charge is -2.54. The number of carbonyl (C=O) groups excluding carboxylic acids is 2. The summed E-state index contributed by atoms with van der Waals surface area (Å²) in [5, 5.41) is 21.0. The standard InChI is InChI=1S/C18H24O5/c1-5-7-8-9-12(19)14-11-10-13(23-6-2)17(3,15(14)20)16(21)18(11,4)22/h5,7-9,11,13,19,22H,6,10H2,1-4H3/b7-5+,9-8+,14-12+/t11?,13?,17-,18?/m1/s1. The van der Waals surface area contributed by atoms with Crippen molar-refractivity contribution in [3.8, 4) is 0 Å². The monoisotopic (exact) mass is 320 g/mol. The highest BCUT2D eigenvalue weighted by Gasteiger charge is 2.68. The van der Waals surface area contributed by atoms with Crippen LogP contribution in [0.25, 0.3) is 0 Å². The molecule has 0 saturated heterocycles. The molecule has 0 heterocycles. The van der Waals surface area contributed by atoms with Gasteiger partial charge in [0.25, 0.3) is 0 Å². The van der Waals surface area contributed by atoms with Crippen molar-refractivity contribution < 1.29 is 24.5 Å². The van der Waals surface area contributed by atoms with E-state index in [2.05, 4.69) is 0 Å². The average Bonchev–Trinajstić information content (AvgIpc) is 2.49. The normalized spacial score (nSPS) is 39.7. The first-order valence-electron chi connectivity index (χ1n) is 7.89. The third-order valence-electron chi connectivity index (χ3n) is 4.97. The molecule has 0 amide bonds. The van der Waals surface area contributed by atoms with E-state index in [1.54, 1.807) is 25.2 Å². The van der Waals surface area contributed by atoms with Crippen molar-refractivity contribution in [1.82, 2.24) is 0 Å². The lowest BCUT2D eigenvalue weighted by molar-refractivity contribution is -0.186. The van der Waals surface area contributed by atoms with Gasteiger partial charge in [-0.05, 0) is 40.2 Å². The minimum atomic E-state index is -1.69. The van der Waals surface area contributed by atoms with Gasteiger partial charge in [-0.15, -0.1) is 0 Å². The van der Waals surface area contributed by atoms with Crippen LogP contribution in [0.2, 0.25) is 0 Å². The molecule has 0 aromatic heterocycles. The van der Waals surface area contributed by atoms with Crippen LogP contribution in [0.15, 0.2) is 35.6 Å². The van der Waals surface area contributed by atoms with E-state index in [9.17, 15) is 19.8 Å². The van der Waals surface area contributed by atoms with Crippen LogP contribution in [0, 0.1) is 11.3 Å². The molecule has 0 aliphatic heterocycles. The number of carbonyl (C=O) groups is 2. The number of allylic oxidation sites excluding steroid dienone is 4. The van der Waals surface area contributed by atoms with Crippen molar-refractivity contribution in [2.45, 2.75) is 45.8 Å². The van der Waals surface area contributed by atoms with Crippen molar-refractivity contribution in [3.05, 3.63) is 35.6 Å². The lowest BCUT2D eigenvalue weighted by atomic mass is 9.50. The van der Waals surface area contributed by atoms with Gasteiger partial charge in [-0.1, -0.05) is 18.2 Å². The molecule has 4 atom stereocenters. The molecule has 3 saturated carbocycles. The minimum Gasteiger partial charge on any atom is -0.508 e. The van der Waals surface area contributed by atoms with Gasteiger partial charge in [-0.25, -0.2) is 0 Å². The van der Waals surface area contributed by atoms with Gasteiger partial charge < -0.3 is 14.9 Å². The Morgan fingerprint density at radius 2 is 2.00 bits per heavy atom. The van der Waals surface area contributed by atoms with Gasteiger partial charge in [0.05, 0.1) is 6.10 Å². The molecule has 0 spiro atoms. The van der Waals surface area contributed by atoms with Crippen LogP contribution in [0.4, 0.5) is 0 Å². The largest absolute Gasteiger partial charge is 0.508 e. The molecule has 0 aromatic rings. The van der Waals surface area contributed by atoms with E-state index < -0.39 is 34.6 Å². The molecule has 126 valence electrons. The summed E-state index contributed by atoms with van der Waals surface area (Å²) in [6.45, 7) is 6.93. The second-order valence-corrected chi connectivity index (χ2v) is 6.42. The van der Waals surface area contributed by atoms with E-state index in [0.29, 0.717) is 13.0 Å². The van der Waals surface area contributed by atoms with Crippen LogP contribution in [-0.4, -0.2) is 40.1 Å². The molecule has 2 bridgehead atoms. The topological polar surface area (TPSA) is 83.8 Å². The van der Waals surface area contributed by atoms with E-state index in [1.807, 2.05) is 6.92 Å². The summed E-state index contributed by atoms with van der Waals surface area (Å²) in [4.78, 5) is 25.6. The Hall–Kier alpha value is -1.72. The van der Waals surface area contributed by atoms with E-state index in [1.165, 1.54) is 19.9 Å². The Kier molecular flexibility index (Phi) is 4.64. The molecule has 3 unspecified atom stereocenters. The van der Waals surface area contributed by atoms with E-state index >= 15 is 0 Å². The Morgan fingerprint density at radius 1 is 1.35 bits per heavy atom. The van der Waals surface area contributed by atoms with Gasteiger partial charge >= 0.3 is 0 Å². The Bertz CT molecular complexity index is 611. The summed E-state index contributed by atoms with van der Waals surface area (Å²) in [5.74, 6) is -1.95. The summed E-state index contributed by atoms with van der Waals surface area (Å²) in [6.07, 6.45) is 6.27. The first-order valence-corrected chi connectivity index (χ1v) is 7.89. The zero-order chi connectivity index (χ0) is 17.4. The lowest BCUT2D eigenvalue weighted by Crippen LogP contribution is -2.69. The highest BCUT2D eigenvalue weighted by Crippen LogP contribution is 2.54. The average molecular weight is 320 g/mol. The molecule has 0 aromatic carbocycles. The summed E-state index contributed by atoms with van der Waals surface area (Å²) < 4.78 is 5.59. The maximum absolute atomic E-state index is 12.9. The fourth-order valence-electron chi connectivity index (χ4n) is 3.67. The Morgan fingerprint density at radius 3 is 2.57 bits per heavy atom. The fraction of sp³-hybridized carbons (Fsp3) is 0.556. The van der Waals surface area contributed by atoms with Crippen LogP contribution in [-0.2, 0) is 14.3 Å². The molecule has 3 fully saturated rings. The number of aliphatic hydroxyl groups excluding tert-OH is 1. The van der Waals surface area contributed by atoms with Gasteiger partial charge in [0.15, 0.2) is 11.6 Å². The number of ketones is 2. The fourth-order valence-corrected chi connectivity index (χ4v) is 3.67. The summed E-state index contributed by atoms with van der Waals surface area (Å²) in [7, 11) is 0. The number of Topliss-reactive ketones (excluding diaryl/α,β-unsaturated/α-hetero) is 2. The molecule has 23 heavy (non-hydrogen) atoms.